The number of carbonyl (C=O) groups is 2. The number of benzene rings is 1. The zero-order valence-electron chi connectivity index (χ0n) is 17.7. The van der Waals surface area contributed by atoms with Crippen molar-refractivity contribution in [2.45, 2.75) is 26.1 Å². The minimum atomic E-state index is -0.682. The monoisotopic (exact) mass is 434 g/mol. The lowest BCUT2D eigenvalue weighted by atomic mass is 10.1. The van der Waals surface area contributed by atoms with Crippen LogP contribution in [0.5, 0.6) is 0 Å². The molecule has 11 heteroatoms. The van der Waals surface area contributed by atoms with Crippen LogP contribution in [0.25, 0.3) is 0 Å². The molecule has 31 heavy (non-hydrogen) atoms. The van der Waals surface area contributed by atoms with Gasteiger partial charge in [-0.15, -0.1) is 0 Å². The topological polar surface area (TPSA) is 134 Å². The van der Waals surface area contributed by atoms with E-state index in [4.69, 9.17) is 14.6 Å². The Morgan fingerprint density at radius 2 is 2.03 bits per heavy atom. The number of methoxy groups -OCH3 is 1. The van der Waals surface area contributed by atoms with E-state index in [2.05, 4.69) is 5.32 Å². The molecular weight excluding hydrogens is 408 g/mol. The van der Waals surface area contributed by atoms with Gasteiger partial charge in [-0.2, -0.15) is 0 Å². The molecule has 2 heterocycles. The molecule has 0 aromatic heterocycles. The van der Waals surface area contributed by atoms with E-state index in [1.165, 1.54) is 18.1 Å². The van der Waals surface area contributed by atoms with E-state index in [0.717, 1.165) is 0 Å². The van der Waals surface area contributed by atoms with Gasteiger partial charge in [-0.05, 0) is 26.0 Å². The molecule has 2 aliphatic rings. The van der Waals surface area contributed by atoms with Gasteiger partial charge in [0.25, 0.3) is 11.6 Å². The summed E-state index contributed by atoms with van der Waals surface area (Å²) in [7, 11) is 1.20. The molecule has 0 radical (unpaired) electrons. The van der Waals surface area contributed by atoms with Gasteiger partial charge in [0, 0.05) is 31.4 Å². The van der Waals surface area contributed by atoms with E-state index in [0.29, 0.717) is 24.5 Å². The summed E-state index contributed by atoms with van der Waals surface area (Å²) in [5, 5.41) is 23.8. The summed E-state index contributed by atoms with van der Waals surface area (Å²) in [5.41, 5.74) is 0.712. The van der Waals surface area contributed by atoms with Crippen LogP contribution in [-0.2, 0) is 19.1 Å². The first-order chi connectivity index (χ1) is 14.7. The van der Waals surface area contributed by atoms with Crippen LogP contribution in [0.3, 0.4) is 0 Å². The van der Waals surface area contributed by atoms with Crippen LogP contribution in [-0.4, -0.2) is 78.9 Å². The Hall–Kier alpha value is -3.18. The van der Waals surface area contributed by atoms with Crippen LogP contribution >= 0.6 is 0 Å². The minimum Gasteiger partial charge on any atom is -0.466 e. The molecule has 3 rings (SSSR count). The first-order valence-electron chi connectivity index (χ1n) is 9.92. The number of amides is 1. The van der Waals surface area contributed by atoms with Crippen molar-refractivity contribution in [1.29, 1.82) is 0 Å². The van der Waals surface area contributed by atoms with Gasteiger partial charge in [0.1, 0.15) is 11.4 Å². The Bertz CT molecular complexity index is 907. The van der Waals surface area contributed by atoms with Crippen LogP contribution in [0, 0.1) is 10.1 Å². The van der Waals surface area contributed by atoms with E-state index < -0.39 is 16.8 Å². The first kappa shape index (κ1) is 22.5. The van der Waals surface area contributed by atoms with Crippen molar-refractivity contribution in [3.63, 3.8) is 0 Å². The molecule has 1 fully saturated rings. The summed E-state index contributed by atoms with van der Waals surface area (Å²) >= 11 is 0. The summed E-state index contributed by atoms with van der Waals surface area (Å²) in [4.78, 5) is 39.3. The number of β-amino-alcohol motifs (C(OH)–C–C–N with tert-alkyl or cyclic N) is 1. The number of esters is 1. The van der Waals surface area contributed by atoms with Crippen LogP contribution in [0.2, 0.25) is 0 Å². The third-order valence-electron chi connectivity index (χ3n) is 5.16. The maximum absolute atomic E-state index is 12.7. The molecule has 2 atom stereocenters. The van der Waals surface area contributed by atoms with E-state index in [1.807, 2.05) is 18.7 Å². The van der Waals surface area contributed by atoms with Gasteiger partial charge in [-0.3, -0.25) is 14.9 Å². The number of nitrogens with one attached hydrogen (secondary N) is 1. The van der Waals surface area contributed by atoms with E-state index in [9.17, 15) is 19.7 Å². The molecule has 1 aromatic carbocycles. The molecule has 11 nitrogen and oxygen atoms in total. The number of nitro benzene ring substituents is 1. The van der Waals surface area contributed by atoms with Gasteiger partial charge in [-0.1, -0.05) is 0 Å². The molecule has 2 unspecified atom stereocenters. The van der Waals surface area contributed by atoms with Crippen molar-refractivity contribution < 1.29 is 29.1 Å². The fraction of sp³-hybridized carbons (Fsp3) is 0.500. The number of rotatable bonds is 7. The Morgan fingerprint density at radius 1 is 1.35 bits per heavy atom. The smallest absolute Gasteiger partial charge is 0.337 e. The Balaban J connectivity index is 1.92. The average Bonchev–Trinajstić information content (AvgIpc) is 3.02. The number of carbonyl (C=O) groups excluding carboxylic acids is 2. The quantitative estimate of drug-likeness (QED) is 0.364. The largest absolute Gasteiger partial charge is 0.466 e. The lowest BCUT2D eigenvalue weighted by molar-refractivity contribution is -0.384. The molecular formula is C20H26N4O7. The number of aliphatic hydroxyl groups excluding tert-OH is 1. The summed E-state index contributed by atoms with van der Waals surface area (Å²) in [5.74, 6) is -1.17. The molecule has 0 saturated carbocycles. The molecule has 2 aliphatic heterocycles. The SMILES string of the molecule is COC(=O)C1=C(Nc2ccc(N3CC(C)OC(C)C3)c([N+](=O)[O-])c2)C(=O)N(CCO)C1. The summed E-state index contributed by atoms with van der Waals surface area (Å²) in [6, 6.07) is 4.58. The third kappa shape index (κ3) is 4.78. The fourth-order valence-corrected chi connectivity index (χ4v) is 3.88. The normalized spacial score (nSPS) is 21.5. The zero-order chi connectivity index (χ0) is 22.7. The van der Waals surface area contributed by atoms with Gasteiger partial charge in [0.2, 0.25) is 0 Å². The number of hydrogen-bond acceptors (Lipinski definition) is 9. The standard InChI is InChI=1S/C20H26N4O7/c1-12-9-23(10-13(2)31-12)16-5-4-14(8-17(16)24(28)29)21-18-15(20(27)30-3)11-22(6-7-25)19(18)26/h4-5,8,12-13,21,25H,6-7,9-11H2,1-3H3. The second kappa shape index (κ2) is 9.31. The maximum atomic E-state index is 12.7. The van der Waals surface area contributed by atoms with Crippen LogP contribution < -0.4 is 10.2 Å². The zero-order valence-corrected chi connectivity index (χ0v) is 17.7. The van der Waals surface area contributed by atoms with E-state index >= 15 is 0 Å². The second-order valence-corrected chi connectivity index (χ2v) is 7.54. The van der Waals surface area contributed by atoms with Crippen molar-refractivity contribution in [1.82, 2.24) is 4.90 Å². The summed E-state index contributed by atoms with van der Waals surface area (Å²) < 4.78 is 10.5. The van der Waals surface area contributed by atoms with Gasteiger partial charge in [0.15, 0.2) is 0 Å². The number of nitrogens with zero attached hydrogens (tertiary/aromatic N) is 3. The van der Waals surface area contributed by atoms with Crippen molar-refractivity contribution in [3.8, 4) is 0 Å². The highest BCUT2D eigenvalue weighted by atomic mass is 16.6. The van der Waals surface area contributed by atoms with Crippen LogP contribution in [0.4, 0.5) is 17.1 Å². The maximum Gasteiger partial charge on any atom is 0.337 e. The summed E-state index contributed by atoms with van der Waals surface area (Å²) in [6.45, 7) is 4.64. The van der Waals surface area contributed by atoms with E-state index in [-0.39, 0.29) is 48.9 Å². The van der Waals surface area contributed by atoms with E-state index in [1.54, 1.807) is 12.1 Å². The molecule has 0 bridgehead atoms. The highest BCUT2D eigenvalue weighted by molar-refractivity contribution is 6.08. The number of aliphatic hydroxyl groups is 1. The van der Waals surface area contributed by atoms with Gasteiger partial charge in [-0.25, -0.2) is 4.79 Å². The third-order valence-corrected chi connectivity index (χ3v) is 5.16. The lowest BCUT2D eigenvalue weighted by Crippen LogP contribution is -2.45. The average molecular weight is 434 g/mol. The highest BCUT2D eigenvalue weighted by Gasteiger charge is 2.35. The van der Waals surface area contributed by atoms with Crippen molar-refractivity contribution >= 4 is 28.9 Å². The number of morpholine rings is 1. The van der Waals surface area contributed by atoms with Crippen molar-refractivity contribution in [3.05, 3.63) is 39.6 Å². The van der Waals surface area contributed by atoms with Crippen molar-refractivity contribution in [2.24, 2.45) is 0 Å². The minimum absolute atomic E-state index is 0.0157. The van der Waals surface area contributed by atoms with Crippen LogP contribution in [0.1, 0.15) is 13.8 Å². The van der Waals surface area contributed by atoms with Gasteiger partial charge >= 0.3 is 5.97 Å². The Labute approximate surface area is 179 Å². The molecule has 168 valence electrons. The fourth-order valence-electron chi connectivity index (χ4n) is 3.88. The lowest BCUT2D eigenvalue weighted by Gasteiger charge is -2.36. The Kier molecular flexibility index (Phi) is 6.76. The predicted molar refractivity (Wildman–Crippen MR) is 112 cm³/mol. The van der Waals surface area contributed by atoms with Gasteiger partial charge in [0.05, 0.1) is 43.0 Å². The molecule has 1 saturated heterocycles. The Morgan fingerprint density at radius 3 is 2.61 bits per heavy atom. The highest BCUT2D eigenvalue weighted by Crippen LogP contribution is 2.34. The number of anilines is 2. The number of ether oxygens (including phenoxy) is 2. The molecule has 1 aromatic rings. The van der Waals surface area contributed by atoms with Gasteiger partial charge < -0.3 is 29.7 Å². The van der Waals surface area contributed by atoms with Crippen molar-refractivity contribution in [2.75, 3.05) is 50.1 Å². The number of nitro groups is 1. The second-order valence-electron chi connectivity index (χ2n) is 7.54. The first-order valence-corrected chi connectivity index (χ1v) is 9.92. The molecule has 1 amide bonds. The summed E-state index contributed by atoms with van der Waals surface area (Å²) in [6.07, 6.45) is -0.134. The van der Waals surface area contributed by atoms with Crippen LogP contribution in [0.15, 0.2) is 29.5 Å². The molecule has 0 aliphatic carbocycles. The number of hydrogen-bond donors (Lipinski definition) is 2. The molecule has 2 N–H and O–H groups in total. The molecule has 0 spiro atoms. The predicted octanol–water partition coefficient (Wildman–Crippen LogP) is 0.882.